The predicted octanol–water partition coefficient (Wildman–Crippen LogP) is 2.81. The largest absolute Gasteiger partial charge is 0.497 e. The zero-order valence-corrected chi connectivity index (χ0v) is 11.8. The number of halogens is 1. The molecular formula is C16H16FNO3. The van der Waals surface area contributed by atoms with E-state index in [-0.39, 0.29) is 0 Å². The standard InChI is InChI=1S/C16H16FNO3/c1-10-6-7-12(9-14(10)17)18-16(20)15(19)11-4-3-5-13(8-11)21-2/h3-9,15,19H,1-2H3,(H,18,20). The molecule has 0 aliphatic heterocycles. The fourth-order valence-corrected chi connectivity index (χ4v) is 1.84. The summed E-state index contributed by atoms with van der Waals surface area (Å²) in [7, 11) is 1.50. The molecule has 0 aromatic heterocycles. The Morgan fingerprint density at radius 3 is 2.71 bits per heavy atom. The Morgan fingerprint density at radius 2 is 2.05 bits per heavy atom. The average molecular weight is 289 g/mol. The molecule has 110 valence electrons. The maximum absolute atomic E-state index is 13.4. The van der Waals surface area contributed by atoms with Crippen LogP contribution in [0.1, 0.15) is 17.2 Å². The van der Waals surface area contributed by atoms with Crippen LogP contribution < -0.4 is 10.1 Å². The molecule has 1 unspecified atom stereocenters. The van der Waals surface area contributed by atoms with Gasteiger partial charge in [-0.05, 0) is 42.3 Å². The van der Waals surface area contributed by atoms with Crippen molar-refractivity contribution in [2.75, 3.05) is 12.4 Å². The fourth-order valence-electron chi connectivity index (χ4n) is 1.84. The number of amides is 1. The monoisotopic (exact) mass is 289 g/mol. The minimum Gasteiger partial charge on any atom is -0.497 e. The minimum atomic E-state index is -1.36. The van der Waals surface area contributed by atoms with Crippen molar-refractivity contribution < 1.29 is 19.0 Å². The van der Waals surface area contributed by atoms with Gasteiger partial charge in [-0.2, -0.15) is 0 Å². The van der Waals surface area contributed by atoms with Crippen LogP contribution in [0.2, 0.25) is 0 Å². The molecule has 21 heavy (non-hydrogen) atoms. The molecule has 1 amide bonds. The van der Waals surface area contributed by atoms with Crippen LogP contribution in [-0.2, 0) is 4.79 Å². The number of ether oxygens (including phenoxy) is 1. The molecule has 0 aliphatic rings. The van der Waals surface area contributed by atoms with E-state index in [0.717, 1.165) is 0 Å². The van der Waals surface area contributed by atoms with Gasteiger partial charge in [0, 0.05) is 5.69 Å². The fraction of sp³-hybridized carbons (Fsp3) is 0.188. The highest BCUT2D eigenvalue weighted by atomic mass is 19.1. The molecular weight excluding hydrogens is 273 g/mol. The van der Waals surface area contributed by atoms with E-state index in [2.05, 4.69) is 5.32 Å². The summed E-state index contributed by atoms with van der Waals surface area (Å²) in [5.41, 5.74) is 1.19. The van der Waals surface area contributed by atoms with Crippen LogP contribution >= 0.6 is 0 Å². The molecule has 2 rings (SSSR count). The number of nitrogens with one attached hydrogen (secondary N) is 1. The summed E-state index contributed by atoms with van der Waals surface area (Å²) in [5.74, 6) is -0.504. The lowest BCUT2D eigenvalue weighted by Gasteiger charge is -2.13. The van der Waals surface area contributed by atoms with Crippen LogP contribution in [-0.4, -0.2) is 18.1 Å². The Hall–Kier alpha value is -2.40. The highest BCUT2D eigenvalue weighted by molar-refractivity contribution is 5.94. The smallest absolute Gasteiger partial charge is 0.257 e. The van der Waals surface area contributed by atoms with E-state index in [1.165, 1.54) is 13.2 Å². The molecule has 4 nitrogen and oxygen atoms in total. The molecule has 0 heterocycles. The van der Waals surface area contributed by atoms with Crippen molar-refractivity contribution in [3.8, 4) is 5.75 Å². The molecule has 2 N–H and O–H groups in total. The number of aryl methyl sites for hydroxylation is 1. The maximum atomic E-state index is 13.4. The van der Waals surface area contributed by atoms with Gasteiger partial charge in [0.1, 0.15) is 11.6 Å². The molecule has 0 aliphatic carbocycles. The number of hydrogen-bond acceptors (Lipinski definition) is 3. The van der Waals surface area contributed by atoms with E-state index < -0.39 is 17.8 Å². The van der Waals surface area contributed by atoms with Crippen molar-refractivity contribution in [2.45, 2.75) is 13.0 Å². The lowest BCUT2D eigenvalue weighted by molar-refractivity contribution is -0.124. The van der Waals surface area contributed by atoms with Gasteiger partial charge in [-0.25, -0.2) is 4.39 Å². The Bertz CT molecular complexity index is 658. The molecule has 0 saturated carbocycles. The SMILES string of the molecule is COc1cccc(C(O)C(=O)Nc2ccc(C)c(F)c2)c1. The first-order chi connectivity index (χ1) is 10.0. The van der Waals surface area contributed by atoms with Gasteiger partial charge in [0.2, 0.25) is 0 Å². The minimum absolute atomic E-state index is 0.296. The molecule has 0 radical (unpaired) electrons. The van der Waals surface area contributed by atoms with Crippen molar-refractivity contribution in [2.24, 2.45) is 0 Å². The first-order valence-corrected chi connectivity index (χ1v) is 6.40. The number of anilines is 1. The van der Waals surface area contributed by atoms with Gasteiger partial charge in [0.15, 0.2) is 6.10 Å². The van der Waals surface area contributed by atoms with Crippen molar-refractivity contribution in [1.82, 2.24) is 0 Å². The van der Waals surface area contributed by atoms with Crippen molar-refractivity contribution in [3.05, 3.63) is 59.4 Å². The quantitative estimate of drug-likeness (QED) is 0.910. The zero-order chi connectivity index (χ0) is 15.4. The number of benzene rings is 2. The highest BCUT2D eigenvalue weighted by Gasteiger charge is 2.18. The second-order valence-electron chi connectivity index (χ2n) is 4.63. The maximum Gasteiger partial charge on any atom is 0.257 e. The van der Waals surface area contributed by atoms with E-state index in [9.17, 15) is 14.3 Å². The third-order valence-electron chi connectivity index (χ3n) is 3.10. The Kier molecular flexibility index (Phi) is 4.55. The van der Waals surface area contributed by atoms with E-state index in [4.69, 9.17) is 4.74 Å². The van der Waals surface area contributed by atoms with E-state index in [1.54, 1.807) is 43.3 Å². The third-order valence-corrected chi connectivity index (χ3v) is 3.10. The highest BCUT2D eigenvalue weighted by Crippen LogP contribution is 2.21. The van der Waals surface area contributed by atoms with Crippen LogP contribution in [0.15, 0.2) is 42.5 Å². The number of rotatable bonds is 4. The molecule has 0 fully saturated rings. The lowest BCUT2D eigenvalue weighted by Crippen LogP contribution is -2.20. The molecule has 2 aromatic rings. The molecule has 0 saturated heterocycles. The zero-order valence-electron chi connectivity index (χ0n) is 11.8. The van der Waals surface area contributed by atoms with E-state index in [1.807, 2.05) is 0 Å². The number of aliphatic hydroxyl groups is 1. The summed E-state index contributed by atoms with van der Waals surface area (Å²) in [6.45, 7) is 1.63. The van der Waals surface area contributed by atoms with Gasteiger partial charge < -0.3 is 15.2 Å². The van der Waals surface area contributed by atoms with Crippen molar-refractivity contribution in [1.29, 1.82) is 0 Å². The lowest BCUT2D eigenvalue weighted by atomic mass is 10.1. The van der Waals surface area contributed by atoms with Crippen LogP contribution in [0.5, 0.6) is 5.75 Å². The summed E-state index contributed by atoms with van der Waals surface area (Å²) < 4.78 is 18.5. The van der Waals surface area contributed by atoms with Crippen molar-refractivity contribution >= 4 is 11.6 Å². The van der Waals surface area contributed by atoms with Gasteiger partial charge in [0.25, 0.3) is 5.91 Å². The van der Waals surface area contributed by atoms with E-state index >= 15 is 0 Å². The number of carbonyl (C=O) groups excluding carboxylic acids is 1. The van der Waals surface area contributed by atoms with Crippen molar-refractivity contribution in [3.63, 3.8) is 0 Å². The summed E-state index contributed by atoms with van der Waals surface area (Å²) in [6, 6.07) is 10.9. The molecule has 2 aromatic carbocycles. The second kappa shape index (κ2) is 6.37. The average Bonchev–Trinajstić information content (AvgIpc) is 2.50. The topological polar surface area (TPSA) is 58.6 Å². The Balaban J connectivity index is 2.13. The Morgan fingerprint density at radius 1 is 1.29 bits per heavy atom. The van der Waals surface area contributed by atoms with Gasteiger partial charge in [-0.1, -0.05) is 18.2 Å². The first-order valence-electron chi connectivity index (χ1n) is 6.40. The summed E-state index contributed by atoms with van der Waals surface area (Å²) in [4.78, 5) is 12.0. The van der Waals surface area contributed by atoms with Crippen LogP contribution in [0.3, 0.4) is 0 Å². The molecule has 0 bridgehead atoms. The Labute approximate surface area is 122 Å². The summed E-state index contributed by atoms with van der Waals surface area (Å²) >= 11 is 0. The molecule has 5 heteroatoms. The van der Waals surface area contributed by atoms with Gasteiger partial charge in [0.05, 0.1) is 7.11 Å². The first kappa shape index (κ1) is 15.0. The normalized spacial score (nSPS) is 11.8. The molecule has 0 spiro atoms. The van der Waals surface area contributed by atoms with Gasteiger partial charge in [-0.3, -0.25) is 4.79 Å². The number of carbonyl (C=O) groups is 1. The predicted molar refractivity (Wildman–Crippen MR) is 77.7 cm³/mol. The van der Waals surface area contributed by atoms with E-state index in [0.29, 0.717) is 22.6 Å². The van der Waals surface area contributed by atoms with Crippen LogP contribution in [0, 0.1) is 12.7 Å². The number of aliphatic hydroxyl groups excluding tert-OH is 1. The van der Waals surface area contributed by atoms with Gasteiger partial charge >= 0.3 is 0 Å². The summed E-state index contributed by atoms with van der Waals surface area (Å²) in [5, 5.41) is 12.5. The number of methoxy groups -OCH3 is 1. The van der Waals surface area contributed by atoms with Crippen LogP contribution in [0.25, 0.3) is 0 Å². The second-order valence-corrected chi connectivity index (χ2v) is 4.63. The van der Waals surface area contributed by atoms with Crippen LogP contribution in [0.4, 0.5) is 10.1 Å². The van der Waals surface area contributed by atoms with Gasteiger partial charge in [-0.15, -0.1) is 0 Å². The number of hydrogen-bond donors (Lipinski definition) is 2. The summed E-state index contributed by atoms with van der Waals surface area (Å²) in [6.07, 6.45) is -1.36. The molecule has 1 atom stereocenters. The third kappa shape index (κ3) is 3.58.